The average Bonchev–Trinajstić information content (AvgIpc) is 2.31. The van der Waals surface area contributed by atoms with Crippen molar-refractivity contribution in [3.8, 4) is 0 Å². The Labute approximate surface area is 106 Å². The molecular weight excluding hydrogens is 228 g/mol. The number of rotatable bonds is 4. The number of nitrogens with zero attached hydrogens (tertiary/aromatic N) is 3. The Balaban J connectivity index is 3.08. The van der Waals surface area contributed by atoms with Crippen LogP contribution in [0.3, 0.4) is 0 Å². The fraction of sp³-hybridized carbons (Fsp3) is 0.154. The zero-order valence-electron chi connectivity index (χ0n) is 10.5. The Morgan fingerprint density at radius 2 is 2.33 bits per heavy atom. The molecule has 5 heteroatoms. The van der Waals surface area contributed by atoms with E-state index >= 15 is 0 Å². The van der Waals surface area contributed by atoms with Crippen LogP contribution >= 0.6 is 0 Å². The van der Waals surface area contributed by atoms with E-state index in [2.05, 4.69) is 16.7 Å². The summed E-state index contributed by atoms with van der Waals surface area (Å²) in [6.45, 7) is 7.15. The van der Waals surface area contributed by atoms with E-state index in [4.69, 9.17) is 5.73 Å². The molecule has 1 heterocycles. The largest absolute Gasteiger partial charge is 0.368 e. The molecule has 0 aromatic carbocycles. The highest BCUT2D eigenvalue weighted by atomic mass is 16.1. The lowest BCUT2D eigenvalue weighted by Crippen LogP contribution is -2.21. The minimum absolute atomic E-state index is 0.0689. The number of nitrogens with two attached hydrogens (primary N) is 1. The normalized spacial score (nSPS) is 12.4. The zero-order valence-corrected chi connectivity index (χ0v) is 10.5. The average molecular weight is 244 g/mol. The SMILES string of the molecule is C=C\C=C/C(/C=N/n1c(N)nc(C)cc1=O)=C\C. The van der Waals surface area contributed by atoms with Gasteiger partial charge in [0.2, 0.25) is 5.95 Å². The zero-order chi connectivity index (χ0) is 13.5. The minimum Gasteiger partial charge on any atom is -0.368 e. The maximum absolute atomic E-state index is 11.7. The van der Waals surface area contributed by atoms with Crippen molar-refractivity contribution in [2.24, 2.45) is 5.10 Å². The molecule has 1 aromatic rings. The Morgan fingerprint density at radius 3 is 2.89 bits per heavy atom. The van der Waals surface area contributed by atoms with Crippen LogP contribution in [0.5, 0.6) is 0 Å². The molecule has 0 atom stereocenters. The van der Waals surface area contributed by atoms with Crippen LogP contribution in [0.15, 0.2) is 52.4 Å². The first kappa shape index (κ1) is 13.6. The summed E-state index contributed by atoms with van der Waals surface area (Å²) in [5.74, 6) is 0.0689. The first-order valence-corrected chi connectivity index (χ1v) is 5.44. The van der Waals surface area contributed by atoms with Crippen molar-refractivity contribution in [3.63, 3.8) is 0 Å². The second-order valence-electron chi connectivity index (χ2n) is 3.53. The molecule has 0 aliphatic heterocycles. The van der Waals surface area contributed by atoms with Crippen molar-refractivity contribution in [1.29, 1.82) is 0 Å². The van der Waals surface area contributed by atoms with E-state index in [-0.39, 0.29) is 11.5 Å². The first-order valence-electron chi connectivity index (χ1n) is 5.44. The van der Waals surface area contributed by atoms with Crippen LogP contribution in [-0.4, -0.2) is 15.9 Å². The Morgan fingerprint density at radius 1 is 1.61 bits per heavy atom. The summed E-state index contributed by atoms with van der Waals surface area (Å²) in [5.41, 5.74) is 6.73. The van der Waals surface area contributed by atoms with Gasteiger partial charge in [0.25, 0.3) is 5.56 Å². The van der Waals surface area contributed by atoms with Crippen LogP contribution in [0, 0.1) is 6.92 Å². The molecule has 0 bridgehead atoms. The van der Waals surface area contributed by atoms with Gasteiger partial charge in [0.1, 0.15) is 0 Å². The van der Waals surface area contributed by atoms with E-state index in [0.717, 1.165) is 10.2 Å². The van der Waals surface area contributed by atoms with Crippen LogP contribution in [-0.2, 0) is 0 Å². The predicted molar refractivity (Wildman–Crippen MR) is 74.6 cm³/mol. The lowest BCUT2D eigenvalue weighted by Gasteiger charge is -2.02. The maximum atomic E-state index is 11.7. The monoisotopic (exact) mass is 244 g/mol. The van der Waals surface area contributed by atoms with Crippen molar-refractivity contribution in [2.75, 3.05) is 5.73 Å². The number of hydrogen-bond acceptors (Lipinski definition) is 4. The topological polar surface area (TPSA) is 73.3 Å². The third-order valence-corrected chi connectivity index (χ3v) is 2.13. The van der Waals surface area contributed by atoms with Crippen molar-refractivity contribution < 1.29 is 0 Å². The molecule has 0 spiro atoms. The van der Waals surface area contributed by atoms with Crippen LogP contribution in [0.4, 0.5) is 5.95 Å². The van der Waals surface area contributed by atoms with Crippen LogP contribution in [0.2, 0.25) is 0 Å². The number of nitrogen functional groups attached to an aromatic ring is 1. The number of anilines is 1. The highest BCUT2D eigenvalue weighted by Crippen LogP contribution is 1.98. The molecule has 0 aliphatic carbocycles. The number of hydrogen-bond donors (Lipinski definition) is 1. The maximum Gasteiger partial charge on any atom is 0.275 e. The Hall–Kier alpha value is -2.43. The van der Waals surface area contributed by atoms with Crippen molar-refractivity contribution in [3.05, 3.63) is 58.6 Å². The van der Waals surface area contributed by atoms with E-state index < -0.39 is 0 Å². The molecule has 5 nitrogen and oxygen atoms in total. The van der Waals surface area contributed by atoms with E-state index in [1.54, 1.807) is 19.1 Å². The molecule has 0 aliphatic rings. The molecule has 0 saturated heterocycles. The summed E-state index contributed by atoms with van der Waals surface area (Å²) in [4.78, 5) is 15.6. The van der Waals surface area contributed by atoms with Gasteiger partial charge in [-0.05, 0) is 19.4 Å². The molecule has 1 rings (SSSR count). The fourth-order valence-corrected chi connectivity index (χ4v) is 1.25. The number of allylic oxidation sites excluding steroid dienone is 5. The summed E-state index contributed by atoms with van der Waals surface area (Å²) < 4.78 is 1.05. The van der Waals surface area contributed by atoms with Gasteiger partial charge in [-0.1, -0.05) is 30.9 Å². The summed E-state index contributed by atoms with van der Waals surface area (Å²) in [5, 5.41) is 4.01. The molecule has 0 amide bonds. The Bertz CT molecular complexity index is 579. The number of aryl methyl sites for hydroxylation is 1. The Kier molecular flexibility index (Phi) is 4.80. The van der Waals surface area contributed by atoms with E-state index in [9.17, 15) is 4.79 Å². The van der Waals surface area contributed by atoms with Crippen molar-refractivity contribution in [2.45, 2.75) is 13.8 Å². The first-order chi connectivity index (χ1) is 8.58. The molecule has 18 heavy (non-hydrogen) atoms. The van der Waals surface area contributed by atoms with Gasteiger partial charge in [-0.3, -0.25) is 4.79 Å². The van der Waals surface area contributed by atoms with Gasteiger partial charge in [0, 0.05) is 11.8 Å². The van der Waals surface area contributed by atoms with E-state index in [0.29, 0.717) is 5.69 Å². The van der Waals surface area contributed by atoms with Gasteiger partial charge in [-0.25, -0.2) is 4.98 Å². The van der Waals surface area contributed by atoms with Crippen LogP contribution in [0.1, 0.15) is 12.6 Å². The predicted octanol–water partition coefficient (Wildman–Crippen LogP) is 1.66. The summed E-state index contributed by atoms with van der Waals surface area (Å²) >= 11 is 0. The van der Waals surface area contributed by atoms with Gasteiger partial charge < -0.3 is 5.73 Å². The number of aromatic nitrogens is 2. The van der Waals surface area contributed by atoms with E-state index in [1.807, 2.05) is 19.1 Å². The van der Waals surface area contributed by atoms with Crippen molar-refractivity contribution in [1.82, 2.24) is 9.66 Å². The van der Waals surface area contributed by atoms with Gasteiger partial charge >= 0.3 is 0 Å². The fourth-order valence-electron chi connectivity index (χ4n) is 1.25. The van der Waals surface area contributed by atoms with Crippen molar-refractivity contribution >= 4 is 12.2 Å². The molecule has 0 saturated carbocycles. The van der Waals surface area contributed by atoms with Gasteiger partial charge in [0.15, 0.2) is 0 Å². The molecular formula is C13H16N4O. The summed E-state index contributed by atoms with van der Waals surface area (Å²) in [7, 11) is 0. The standard InChI is InChI=1S/C13H16N4O/c1-4-6-7-11(5-2)9-15-17-12(18)8-10(3)16-13(17)14/h4-9H,1H2,2-3H3,(H2,14,16)/b7-6-,11-5+,15-9+. The van der Waals surface area contributed by atoms with Crippen LogP contribution < -0.4 is 11.3 Å². The molecule has 0 unspecified atom stereocenters. The lowest BCUT2D eigenvalue weighted by atomic mass is 10.2. The second kappa shape index (κ2) is 6.34. The van der Waals surface area contributed by atoms with E-state index in [1.165, 1.54) is 12.3 Å². The van der Waals surface area contributed by atoms with Crippen LogP contribution in [0.25, 0.3) is 0 Å². The highest BCUT2D eigenvalue weighted by Gasteiger charge is 2.00. The van der Waals surface area contributed by atoms with Gasteiger partial charge in [0.05, 0.1) is 6.21 Å². The van der Waals surface area contributed by atoms with Gasteiger partial charge in [-0.15, -0.1) is 0 Å². The summed E-state index contributed by atoms with van der Waals surface area (Å²) in [6.07, 6.45) is 8.65. The smallest absolute Gasteiger partial charge is 0.275 e. The minimum atomic E-state index is -0.306. The molecule has 0 fully saturated rings. The molecule has 1 aromatic heterocycles. The highest BCUT2D eigenvalue weighted by molar-refractivity contribution is 5.82. The summed E-state index contributed by atoms with van der Waals surface area (Å²) in [6, 6.07) is 1.38. The molecule has 0 radical (unpaired) electrons. The quantitative estimate of drug-likeness (QED) is 0.646. The third kappa shape index (κ3) is 3.55. The molecule has 94 valence electrons. The second-order valence-corrected chi connectivity index (χ2v) is 3.53. The molecule has 2 N–H and O–H groups in total. The lowest BCUT2D eigenvalue weighted by molar-refractivity contribution is 0.810. The third-order valence-electron chi connectivity index (χ3n) is 2.13. The van der Waals surface area contributed by atoms with Gasteiger partial charge in [-0.2, -0.15) is 9.78 Å².